The molecule has 0 bridgehead atoms. The van der Waals surface area contributed by atoms with E-state index in [1.54, 1.807) is 17.9 Å². The highest BCUT2D eigenvalue weighted by Crippen LogP contribution is 2.40. The van der Waals surface area contributed by atoms with Gasteiger partial charge in [0.05, 0.1) is 39.8 Å². The van der Waals surface area contributed by atoms with E-state index in [1.807, 2.05) is 41.3 Å². The van der Waals surface area contributed by atoms with Crippen molar-refractivity contribution in [2.45, 2.75) is 39.7 Å². The van der Waals surface area contributed by atoms with Crippen molar-refractivity contribution in [3.63, 3.8) is 0 Å². The summed E-state index contributed by atoms with van der Waals surface area (Å²) in [5, 5.41) is 4.20. The lowest BCUT2D eigenvalue weighted by molar-refractivity contribution is -0.145. The van der Waals surface area contributed by atoms with Gasteiger partial charge >= 0.3 is 5.97 Å². The summed E-state index contributed by atoms with van der Waals surface area (Å²) >= 11 is -0.994. The smallest absolute Gasteiger partial charge is 0.320 e. The van der Waals surface area contributed by atoms with Gasteiger partial charge in [-0.05, 0) is 42.5 Å². The number of hydrogen-bond donors (Lipinski definition) is 2. The second-order valence-electron chi connectivity index (χ2n) is 11.3. The average Bonchev–Trinajstić information content (AvgIpc) is 3.34. The van der Waals surface area contributed by atoms with E-state index in [1.165, 1.54) is 15.6 Å². The number of carbonyl (C=O) groups is 2. The third kappa shape index (κ3) is 6.72. The number of amides is 1. The normalized spacial score (nSPS) is 18.3. The van der Waals surface area contributed by atoms with Crippen molar-refractivity contribution in [1.29, 1.82) is 0 Å². The number of aromatic nitrogens is 1. The Labute approximate surface area is 247 Å². The number of para-hydroxylation sites is 2. The molecule has 2 aliphatic rings. The van der Waals surface area contributed by atoms with E-state index in [4.69, 9.17) is 9.72 Å². The highest BCUT2D eigenvalue weighted by atomic mass is 32.2. The molecule has 0 spiro atoms. The monoisotopic (exact) mass is 599 g/mol. The molecule has 2 aliphatic heterocycles. The van der Waals surface area contributed by atoms with E-state index in [9.17, 15) is 18.4 Å². The molecule has 1 saturated heterocycles. The fraction of sp³-hybridized carbons (Fsp3) is 0.483. The van der Waals surface area contributed by atoms with Gasteiger partial charge < -0.3 is 15.0 Å². The zero-order valence-corrected chi connectivity index (χ0v) is 25.3. The first-order valence-electron chi connectivity index (χ1n) is 13.9. The van der Waals surface area contributed by atoms with Crippen LogP contribution in [0.25, 0.3) is 10.2 Å². The Bertz CT molecular complexity index is 1400. The minimum absolute atomic E-state index is 0.0360. The molecule has 3 heterocycles. The van der Waals surface area contributed by atoms with Crippen molar-refractivity contribution in [2.24, 2.45) is 5.41 Å². The minimum Gasteiger partial charge on any atom is -0.465 e. The molecular formula is C29H37N5O5S2. The van der Waals surface area contributed by atoms with Crippen LogP contribution in [-0.2, 0) is 38.4 Å². The molecule has 1 fully saturated rings. The van der Waals surface area contributed by atoms with Crippen LogP contribution in [0.3, 0.4) is 0 Å². The van der Waals surface area contributed by atoms with Crippen LogP contribution >= 0.6 is 11.3 Å². The van der Waals surface area contributed by atoms with Gasteiger partial charge in [0.2, 0.25) is 5.91 Å². The number of nitrogens with zero attached hydrogens (tertiary/aromatic N) is 4. The van der Waals surface area contributed by atoms with E-state index in [0.717, 1.165) is 32.9 Å². The highest BCUT2D eigenvalue weighted by Gasteiger charge is 2.38. The molecule has 220 valence electrons. The second-order valence-corrected chi connectivity index (χ2v) is 13.2. The maximum absolute atomic E-state index is 14.2. The van der Waals surface area contributed by atoms with Crippen LogP contribution in [-0.4, -0.2) is 87.3 Å². The molecule has 12 heteroatoms. The van der Waals surface area contributed by atoms with E-state index in [0.29, 0.717) is 45.0 Å². The molecule has 0 saturated carbocycles. The third-order valence-electron chi connectivity index (χ3n) is 7.56. The minimum atomic E-state index is -2.48. The Morgan fingerprint density at radius 3 is 2.63 bits per heavy atom. The van der Waals surface area contributed by atoms with Crippen LogP contribution in [0.2, 0.25) is 0 Å². The number of anilines is 2. The first kappa shape index (κ1) is 29.4. The molecule has 10 nitrogen and oxygen atoms in total. The van der Waals surface area contributed by atoms with Crippen molar-refractivity contribution < 1.29 is 23.1 Å². The van der Waals surface area contributed by atoms with E-state index in [2.05, 4.69) is 19.2 Å². The fourth-order valence-corrected chi connectivity index (χ4v) is 7.26. The summed E-state index contributed by atoms with van der Waals surface area (Å²) < 4.78 is 31.2. The molecule has 5 rings (SSSR count). The summed E-state index contributed by atoms with van der Waals surface area (Å²) in [6, 6.07) is 12.5. The molecule has 1 aromatic heterocycles. The zero-order chi connectivity index (χ0) is 29.1. The second kappa shape index (κ2) is 12.4. The van der Waals surface area contributed by atoms with Crippen LogP contribution in [0.4, 0.5) is 11.4 Å². The van der Waals surface area contributed by atoms with Gasteiger partial charge in [-0.1, -0.05) is 38.1 Å². The number of esters is 1. The SMILES string of the molecule is CCOC(=O)CN1CCN(C(=O)C(Cc2nc3ccccc3s2)N(c2cccc3c2NCC(C)(C)C3)S(=O)O)CC1. The predicted octanol–water partition coefficient (Wildman–Crippen LogP) is 3.55. The van der Waals surface area contributed by atoms with Gasteiger partial charge in [0.25, 0.3) is 11.3 Å². The first-order valence-corrected chi connectivity index (χ1v) is 15.8. The topological polar surface area (TPSA) is 115 Å². The standard InChI is InChI=1S/C29H37N5O5S2/c1-4-39-26(35)18-32-12-14-33(15-13-32)28(36)23(16-25-31-21-9-5-6-11-24(21)40-25)34(41(37)38)22-10-7-8-20-17-29(2,3)19-30-27(20)22/h5-11,23,30H,4,12-19H2,1-3H3,(H,37,38). The number of fused-ring (bicyclic) bond motifs is 2. The Morgan fingerprint density at radius 2 is 1.93 bits per heavy atom. The number of hydrogen-bond acceptors (Lipinski definition) is 8. The van der Waals surface area contributed by atoms with E-state index < -0.39 is 17.3 Å². The Hall–Kier alpha value is -3.06. The summed E-state index contributed by atoms with van der Waals surface area (Å²) in [7, 11) is 0. The number of benzene rings is 2. The molecular weight excluding hydrogens is 562 g/mol. The largest absolute Gasteiger partial charge is 0.465 e. The summed E-state index contributed by atoms with van der Waals surface area (Å²) in [5.41, 5.74) is 3.24. The molecule has 41 heavy (non-hydrogen) atoms. The average molecular weight is 600 g/mol. The molecule has 2 atom stereocenters. The van der Waals surface area contributed by atoms with Crippen molar-refractivity contribution in [1.82, 2.24) is 14.8 Å². The van der Waals surface area contributed by atoms with Gasteiger partial charge in [-0.25, -0.2) is 9.19 Å². The van der Waals surface area contributed by atoms with Gasteiger partial charge in [-0.2, -0.15) is 0 Å². The van der Waals surface area contributed by atoms with Crippen LogP contribution in [0.1, 0.15) is 31.3 Å². The lowest BCUT2D eigenvalue weighted by Gasteiger charge is -2.39. The number of nitrogens with one attached hydrogen (secondary N) is 1. The molecule has 2 aromatic carbocycles. The Kier molecular flexibility index (Phi) is 8.93. The van der Waals surface area contributed by atoms with Gasteiger partial charge in [-0.15, -0.1) is 11.3 Å². The van der Waals surface area contributed by atoms with Crippen LogP contribution in [0, 0.1) is 5.41 Å². The van der Waals surface area contributed by atoms with Gasteiger partial charge in [-0.3, -0.25) is 23.3 Å². The molecule has 1 amide bonds. The molecule has 0 radical (unpaired) electrons. The molecule has 2 N–H and O–H groups in total. The maximum Gasteiger partial charge on any atom is 0.320 e. The predicted molar refractivity (Wildman–Crippen MR) is 162 cm³/mol. The number of rotatable bonds is 9. The van der Waals surface area contributed by atoms with Gasteiger partial charge in [0, 0.05) is 39.1 Å². The lowest BCUT2D eigenvalue weighted by Crippen LogP contribution is -2.56. The van der Waals surface area contributed by atoms with Crippen molar-refractivity contribution >= 4 is 56.1 Å². The van der Waals surface area contributed by atoms with Crippen molar-refractivity contribution in [3.8, 4) is 0 Å². The van der Waals surface area contributed by atoms with E-state index >= 15 is 0 Å². The Balaban J connectivity index is 1.46. The quantitative estimate of drug-likeness (QED) is 0.284. The summed E-state index contributed by atoms with van der Waals surface area (Å²) in [4.78, 5) is 34.6. The van der Waals surface area contributed by atoms with Crippen LogP contribution in [0.5, 0.6) is 0 Å². The lowest BCUT2D eigenvalue weighted by atomic mass is 9.82. The van der Waals surface area contributed by atoms with Gasteiger partial charge in [0.1, 0.15) is 6.04 Å². The maximum atomic E-state index is 14.2. The number of piperazine rings is 1. The summed E-state index contributed by atoms with van der Waals surface area (Å²) in [6.45, 7) is 9.18. The van der Waals surface area contributed by atoms with Crippen LogP contribution in [0.15, 0.2) is 42.5 Å². The van der Waals surface area contributed by atoms with Crippen LogP contribution < -0.4 is 9.62 Å². The van der Waals surface area contributed by atoms with Crippen molar-refractivity contribution in [3.05, 3.63) is 53.0 Å². The van der Waals surface area contributed by atoms with Crippen molar-refractivity contribution in [2.75, 3.05) is 55.5 Å². The number of ether oxygens (including phenoxy) is 1. The molecule has 2 unspecified atom stereocenters. The number of carbonyl (C=O) groups excluding carboxylic acids is 2. The molecule has 3 aromatic rings. The zero-order valence-electron chi connectivity index (χ0n) is 23.7. The highest BCUT2D eigenvalue weighted by molar-refractivity contribution is 7.80. The first-order chi connectivity index (χ1) is 19.6. The Morgan fingerprint density at radius 1 is 1.17 bits per heavy atom. The molecule has 0 aliphatic carbocycles. The summed E-state index contributed by atoms with van der Waals surface area (Å²) in [6.07, 6.45) is 0.997. The third-order valence-corrected chi connectivity index (χ3v) is 9.41. The summed E-state index contributed by atoms with van der Waals surface area (Å²) in [5.74, 6) is -0.524. The van der Waals surface area contributed by atoms with E-state index in [-0.39, 0.29) is 30.3 Å². The fourth-order valence-electron chi connectivity index (χ4n) is 5.56. The van der Waals surface area contributed by atoms with Gasteiger partial charge in [0.15, 0.2) is 0 Å². The number of thiazole rings is 1.